The van der Waals surface area contributed by atoms with Crippen molar-refractivity contribution in [2.24, 2.45) is 17.8 Å². The van der Waals surface area contributed by atoms with Gasteiger partial charge in [-0.25, -0.2) is 0 Å². The molecule has 0 saturated heterocycles. The van der Waals surface area contributed by atoms with Gasteiger partial charge in [0.1, 0.15) is 0 Å². The standard InChI is InChI=1S/C12H24O/c1-9(2)7-10(3)11-5-4-6-12(13)8-11/h9-13H,4-8H2,1-3H3. The van der Waals surface area contributed by atoms with E-state index in [-0.39, 0.29) is 6.10 Å². The van der Waals surface area contributed by atoms with Crippen LogP contribution in [0.2, 0.25) is 0 Å². The second kappa shape index (κ2) is 4.99. The summed E-state index contributed by atoms with van der Waals surface area (Å²) in [4.78, 5) is 0. The number of aliphatic hydroxyl groups is 1. The van der Waals surface area contributed by atoms with Gasteiger partial charge in [-0.2, -0.15) is 0 Å². The third kappa shape index (κ3) is 3.68. The third-order valence-corrected chi connectivity index (χ3v) is 3.34. The summed E-state index contributed by atoms with van der Waals surface area (Å²) in [5.74, 6) is 2.38. The van der Waals surface area contributed by atoms with Crippen LogP contribution < -0.4 is 0 Å². The molecule has 0 aromatic rings. The van der Waals surface area contributed by atoms with Crippen molar-refractivity contribution in [3.63, 3.8) is 0 Å². The Balaban J connectivity index is 2.32. The Morgan fingerprint density at radius 3 is 2.46 bits per heavy atom. The first kappa shape index (κ1) is 11.0. The summed E-state index contributed by atoms with van der Waals surface area (Å²) in [5.41, 5.74) is 0. The molecule has 0 amide bonds. The van der Waals surface area contributed by atoms with Crippen LogP contribution in [0.4, 0.5) is 0 Å². The van der Waals surface area contributed by atoms with E-state index >= 15 is 0 Å². The first-order chi connectivity index (χ1) is 6.09. The topological polar surface area (TPSA) is 20.2 Å². The van der Waals surface area contributed by atoms with Gasteiger partial charge >= 0.3 is 0 Å². The lowest BCUT2D eigenvalue weighted by atomic mass is 9.77. The SMILES string of the molecule is CC(C)CC(C)C1CCCC(O)C1. The molecule has 1 aliphatic rings. The van der Waals surface area contributed by atoms with Crippen molar-refractivity contribution >= 4 is 0 Å². The van der Waals surface area contributed by atoms with Gasteiger partial charge in [-0.1, -0.05) is 33.6 Å². The molecule has 1 fully saturated rings. The fourth-order valence-electron chi connectivity index (χ4n) is 2.65. The molecule has 1 N–H and O–H groups in total. The lowest BCUT2D eigenvalue weighted by Crippen LogP contribution is -2.24. The zero-order valence-corrected chi connectivity index (χ0v) is 9.29. The number of aliphatic hydroxyl groups excluding tert-OH is 1. The fourth-order valence-corrected chi connectivity index (χ4v) is 2.65. The predicted octanol–water partition coefficient (Wildman–Crippen LogP) is 3.22. The zero-order chi connectivity index (χ0) is 9.84. The van der Waals surface area contributed by atoms with Gasteiger partial charge in [0.25, 0.3) is 0 Å². The van der Waals surface area contributed by atoms with E-state index in [2.05, 4.69) is 20.8 Å². The highest BCUT2D eigenvalue weighted by Gasteiger charge is 2.24. The maximum atomic E-state index is 9.56. The van der Waals surface area contributed by atoms with Gasteiger partial charge in [-0.05, 0) is 37.0 Å². The lowest BCUT2D eigenvalue weighted by Gasteiger charge is -2.31. The average Bonchev–Trinajstić information content (AvgIpc) is 2.03. The fraction of sp³-hybridized carbons (Fsp3) is 1.00. The monoisotopic (exact) mass is 184 g/mol. The van der Waals surface area contributed by atoms with Crippen molar-refractivity contribution in [3.05, 3.63) is 0 Å². The molecular weight excluding hydrogens is 160 g/mol. The van der Waals surface area contributed by atoms with Crippen LogP contribution >= 0.6 is 0 Å². The zero-order valence-electron chi connectivity index (χ0n) is 9.29. The van der Waals surface area contributed by atoms with Crippen molar-refractivity contribution < 1.29 is 5.11 Å². The highest BCUT2D eigenvalue weighted by molar-refractivity contribution is 4.76. The van der Waals surface area contributed by atoms with Gasteiger partial charge in [0.15, 0.2) is 0 Å². The molecule has 0 spiro atoms. The van der Waals surface area contributed by atoms with Crippen LogP contribution in [0.1, 0.15) is 52.9 Å². The molecule has 1 rings (SSSR count). The average molecular weight is 184 g/mol. The molecule has 1 saturated carbocycles. The Labute approximate surface area is 82.5 Å². The van der Waals surface area contributed by atoms with Crippen molar-refractivity contribution in [2.45, 2.75) is 59.0 Å². The molecule has 0 heterocycles. The van der Waals surface area contributed by atoms with Gasteiger partial charge in [-0.15, -0.1) is 0 Å². The van der Waals surface area contributed by atoms with Crippen molar-refractivity contribution in [3.8, 4) is 0 Å². The summed E-state index contributed by atoms with van der Waals surface area (Å²) in [6.07, 6.45) is 5.96. The Hall–Kier alpha value is -0.0400. The largest absolute Gasteiger partial charge is 0.393 e. The summed E-state index contributed by atoms with van der Waals surface area (Å²) in [6.45, 7) is 6.92. The normalized spacial score (nSPS) is 32.1. The van der Waals surface area contributed by atoms with Crippen molar-refractivity contribution in [1.29, 1.82) is 0 Å². The summed E-state index contributed by atoms with van der Waals surface area (Å²) in [5, 5.41) is 9.56. The van der Waals surface area contributed by atoms with Gasteiger partial charge in [-0.3, -0.25) is 0 Å². The highest BCUT2D eigenvalue weighted by Crippen LogP contribution is 2.33. The minimum Gasteiger partial charge on any atom is -0.393 e. The maximum absolute atomic E-state index is 9.56. The van der Waals surface area contributed by atoms with E-state index in [0.717, 1.165) is 30.6 Å². The Bertz CT molecular complexity index is 142. The smallest absolute Gasteiger partial charge is 0.0543 e. The van der Waals surface area contributed by atoms with Crippen LogP contribution in [0.5, 0.6) is 0 Å². The van der Waals surface area contributed by atoms with Gasteiger partial charge in [0, 0.05) is 0 Å². The predicted molar refractivity (Wildman–Crippen MR) is 56.6 cm³/mol. The number of rotatable bonds is 3. The van der Waals surface area contributed by atoms with E-state index in [0.29, 0.717) is 0 Å². The van der Waals surface area contributed by atoms with E-state index in [9.17, 15) is 5.11 Å². The van der Waals surface area contributed by atoms with E-state index < -0.39 is 0 Å². The van der Waals surface area contributed by atoms with Crippen LogP contribution in [-0.2, 0) is 0 Å². The van der Waals surface area contributed by atoms with Gasteiger partial charge in [0.05, 0.1) is 6.10 Å². The molecule has 3 atom stereocenters. The van der Waals surface area contributed by atoms with Crippen LogP contribution in [-0.4, -0.2) is 11.2 Å². The van der Waals surface area contributed by atoms with Crippen molar-refractivity contribution in [2.75, 3.05) is 0 Å². The molecule has 1 heteroatoms. The summed E-state index contributed by atoms with van der Waals surface area (Å²) < 4.78 is 0. The molecule has 1 nitrogen and oxygen atoms in total. The molecule has 0 bridgehead atoms. The minimum atomic E-state index is -0.00615. The van der Waals surface area contributed by atoms with E-state index in [1.165, 1.54) is 19.3 Å². The maximum Gasteiger partial charge on any atom is 0.0543 e. The second-order valence-electron chi connectivity index (χ2n) is 5.19. The molecule has 13 heavy (non-hydrogen) atoms. The molecule has 0 aliphatic heterocycles. The van der Waals surface area contributed by atoms with Crippen LogP contribution in [0.15, 0.2) is 0 Å². The minimum absolute atomic E-state index is 0.00615. The summed E-state index contributed by atoms with van der Waals surface area (Å²) in [7, 11) is 0. The van der Waals surface area contributed by atoms with Crippen LogP contribution in [0, 0.1) is 17.8 Å². The second-order valence-corrected chi connectivity index (χ2v) is 5.19. The number of hydrogen-bond acceptors (Lipinski definition) is 1. The van der Waals surface area contributed by atoms with Crippen LogP contribution in [0.3, 0.4) is 0 Å². The van der Waals surface area contributed by atoms with Gasteiger partial charge < -0.3 is 5.11 Å². The Kier molecular flexibility index (Phi) is 4.24. The molecule has 0 aromatic carbocycles. The third-order valence-electron chi connectivity index (χ3n) is 3.34. The first-order valence-electron chi connectivity index (χ1n) is 5.77. The quantitative estimate of drug-likeness (QED) is 0.714. The Morgan fingerprint density at radius 2 is 1.92 bits per heavy atom. The molecule has 1 aliphatic carbocycles. The molecule has 0 aromatic heterocycles. The molecule has 3 unspecified atom stereocenters. The number of hydrogen-bond donors (Lipinski definition) is 1. The summed E-state index contributed by atoms with van der Waals surface area (Å²) in [6, 6.07) is 0. The van der Waals surface area contributed by atoms with Crippen molar-refractivity contribution in [1.82, 2.24) is 0 Å². The van der Waals surface area contributed by atoms with E-state index in [1.54, 1.807) is 0 Å². The molecule has 78 valence electrons. The van der Waals surface area contributed by atoms with E-state index in [4.69, 9.17) is 0 Å². The van der Waals surface area contributed by atoms with E-state index in [1.807, 2.05) is 0 Å². The lowest BCUT2D eigenvalue weighted by molar-refractivity contribution is 0.0783. The van der Waals surface area contributed by atoms with Gasteiger partial charge in [0.2, 0.25) is 0 Å². The highest BCUT2D eigenvalue weighted by atomic mass is 16.3. The Morgan fingerprint density at radius 1 is 1.23 bits per heavy atom. The van der Waals surface area contributed by atoms with Crippen LogP contribution in [0.25, 0.3) is 0 Å². The molecule has 0 radical (unpaired) electrons. The summed E-state index contributed by atoms with van der Waals surface area (Å²) >= 11 is 0. The first-order valence-corrected chi connectivity index (χ1v) is 5.77. The molecular formula is C12H24O.